The maximum Gasteiger partial charge on any atom is 0.119 e. The van der Waals surface area contributed by atoms with Crippen molar-refractivity contribution in [1.29, 1.82) is 0 Å². The predicted octanol–water partition coefficient (Wildman–Crippen LogP) is 4.73. The molecule has 0 bridgehead atoms. The molecule has 0 amide bonds. The molecule has 0 aromatic heterocycles. The van der Waals surface area contributed by atoms with E-state index in [1.165, 1.54) is 0 Å². The first-order valence-electron chi connectivity index (χ1n) is 7.39. The minimum absolute atomic E-state index is 0.254. The number of aromatic hydroxyl groups is 2. The van der Waals surface area contributed by atoms with Gasteiger partial charge in [0.2, 0.25) is 0 Å². The van der Waals surface area contributed by atoms with E-state index in [-0.39, 0.29) is 11.2 Å². The number of allylic oxidation sites excluding steroid dienone is 2. The molecule has 0 fully saturated rings. The Balaban J connectivity index is 2.48. The van der Waals surface area contributed by atoms with Crippen molar-refractivity contribution >= 4 is 0 Å². The molecule has 0 atom stereocenters. The normalized spacial score (nSPS) is 11.1. The average Bonchev–Trinajstić information content (AvgIpc) is 2.50. The summed E-state index contributed by atoms with van der Waals surface area (Å²) in [4.78, 5) is 0. The zero-order valence-corrected chi connectivity index (χ0v) is 12.7. The lowest BCUT2D eigenvalue weighted by molar-refractivity contribution is 0.393. The summed E-state index contributed by atoms with van der Waals surface area (Å²) in [5.74, 6) is 0.550. The van der Waals surface area contributed by atoms with Crippen LogP contribution in [0, 0.1) is 0 Å². The van der Waals surface area contributed by atoms with Crippen molar-refractivity contribution in [3.05, 3.63) is 85.0 Å². The lowest BCUT2D eigenvalue weighted by atomic mass is 9.70. The van der Waals surface area contributed by atoms with Gasteiger partial charge in [0.05, 0.1) is 0 Å². The maximum atomic E-state index is 10.3. The van der Waals surface area contributed by atoms with E-state index in [1.807, 2.05) is 42.5 Å². The molecule has 0 spiro atoms. The number of phenolic OH excluding ortho intramolecular Hbond substituents is 2. The van der Waals surface area contributed by atoms with Gasteiger partial charge < -0.3 is 10.2 Å². The van der Waals surface area contributed by atoms with Crippen molar-refractivity contribution in [3.63, 3.8) is 0 Å². The number of para-hydroxylation sites is 1. The zero-order chi connectivity index (χ0) is 16.0. The summed E-state index contributed by atoms with van der Waals surface area (Å²) in [6, 6.07) is 14.6. The summed E-state index contributed by atoms with van der Waals surface area (Å²) in [6.07, 6.45) is 5.98. The van der Waals surface area contributed by atoms with Crippen molar-refractivity contribution in [3.8, 4) is 11.5 Å². The Kier molecular flexibility index (Phi) is 5.05. The van der Waals surface area contributed by atoms with Crippen molar-refractivity contribution < 1.29 is 10.2 Å². The number of hydrogen-bond acceptors (Lipinski definition) is 2. The van der Waals surface area contributed by atoms with Gasteiger partial charge in [-0.05, 0) is 43.0 Å². The topological polar surface area (TPSA) is 40.5 Å². The Labute approximate surface area is 132 Å². The largest absolute Gasteiger partial charge is 0.508 e. The van der Waals surface area contributed by atoms with E-state index in [1.54, 1.807) is 18.2 Å². The van der Waals surface area contributed by atoms with E-state index in [9.17, 15) is 10.2 Å². The molecule has 2 rings (SSSR count). The number of rotatable bonds is 7. The van der Waals surface area contributed by atoms with Crippen LogP contribution in [0.4, 0.5) is 0 Å². The standard InChI is InChI=1S/C20H22O2/c1-3-13-20(14-4-2,18-7-5-6-8-19(18)22)15-16-9-11-17(21)12-10-16/h3-12,21-22H,1-2,13-15H2. The van der Waals surface area contributed by atoms with Gasteiger partial charge in [-0.25, -0.2) is 0 Å². The number of hydrogen-bond donors (Lipinski definition) is 2. The fraction of sp³-hybridized carbons (Fsp3) is 0.200. The third-order valence-corrected chi connectivity index (χ3v) is 4.02. The second-order valence-corrected chi connectivity index (χ2v) is 5.63. The van der Waals surface area contributed by atoms with Gasteiger partial charge in [0.15, 0.2) is 0 Å². The van der Waals surface area contributed by atoms with E-state index < -0.39 is 0 Å². The smallest absolute Gasteiger partial charge is 0.119 e. The Morgan fingerprint density at radius 2 is 1.45 bits per heavy atom. The van der Waals surface area contributed by atoms with Gasteiger partial charge in [-0.2, -0.15) is 0 Å². The Morgan fingerprint density at radius 1 is 0.864 bits per heavy atom. The van der Waals surface area contributed by atoms with Gasteiger partial charge in [0, 0.05) is 11.0 Å². The third kappa shape index (κ3) is 3.40. The van der Waals surface area contributed by atoms with Crippen molar-refractivity contribution in [2.24, 2.45) is 0 Å². The van der Waals surface area contributed by atoms with Crippen LogP contribution in [0.25, 0.3) is 0 Å². The summed E-state index contributed by atoms with van der Waals surface area (Å²) in [7, 11) is 0. The lowest BCUT2D eigenvalue weighted by Crippen LogP contribution is -2.28. The van der Waals surface area contributed by atoms with Crippen molar-refractivity contribution in [2.45, 2.75) is 24.7 Å². The zero-order valence-electron chi connectivity index (χ0n) is 12.7. The van der Waals surface area contributed by atoms with Crippen LogP contribution in [0.2, 0.25) is 0 Å². The highest BCUT2D eigenvalue weighted by molar-refractivity contribution is 5.41. The first-order valence-corrected chi connectivity index (χ1v) is 7.39. The molecule has 2 N–H and O–H groups in total. The second kappa shape index (κ2) is 6.99. The quantitative estimate of drug-likeness (QED) is 0.725. The first kappa shape index (κ1) is 15.9. The minimum atomic E-state index is -0.286. The molecule has 0 heterocycles. The molecule has 0 radical (unpaired) electrons. The van der Waals surface area contributed by atoms with Crippen LogP contribution in [-0.4, -0.2) is 10.2 Å². The molecule has 0 aliphatic heterocycles. The molecule has 0 aliphatic carbocycles. The number of phenols is 2. The molecule has 114 valence electrons. The van der Waals surface area contributed by atoms with E-state index in [4.69, 9.17) is 0 Å². The Hall–Kier alpha value is -2.48. The molecule has 2 aromatic rings. The second-order valence-electron chi connectivity index (χ2n) is 5.63. The van der Waals surface area contributed by atoms with Crippen molar-refractivity contribution in [2.75, 3.05) is 0 Å². The van der Waals surface area contributed by atoms with Crippen LogP contribution in [0.5, 0.6) is 11.5 Å². The van der Waals surface area contributed by atoms with Gasteiger partial charge in [0.1, 0.15) is 11.5 Å². The van der Waals surface area contributed by atoms with Gasteiger partial charge in [-0.15, -0.1) is 13.2 Å². The molecule has 2 heteroatoms. The summed E-state index contributed by atoms with van der Waals surface area (Å²) in [6.45, 7) is 7.77. The third-order valence-electron chi connectivity index (χ3n) is 4.02. The monoisotopic (exact) mass is 294 g/mol. The lowest BCUT2D eigenvalue weighted by Gasteiger charge is -2.33. The molecule has 22 heavy (non-hydrogen) atoms. The molecule has 2 nitrogen and oxygen atoms in total. The molecule has 0 saturated heterocycles. The van der Waals surface area contributed by atoms with Crippen LogP contribution in [0.15, 0.2) is 73.8 Å². The predicted molar refractivity (Wildman–Crippen MR) is 91.2 cm³/mol. The average molecular weight is 294 g/mol. The summed E-state index contributed by atoms with van der Waals surface area (Å²) in [5, 5.41) is 19.8. The molecule has 0 saturated carbocycles. The van der Waals surface area contributed by atoms with E-state index in [2.05, 4.69) is 13.2 Å². The van der Waals surface area contributed by atoms with E-state index >= 15 is 0 Å². The van der Waals surface area contributed by atoms with Crippen LogP contribution in [0.3, 0.4) is 0 Å². The van der Waals surface area contributed by atoms with E-state index in [0.717, 1.165) is 30.4 Å². The molecular formula is C20H22O2. The number of benzene rings is 2. The highest BCUT2D eigenvalue weighted by Crippen LogP contribution is 2.40. The molecular weight excluding hydrogens is 272 g/mol. The Bertz CT molecular complexity index is 631. The molecule has 0 unspecified atom stereocenters. The van der Waals surface area contributed by atoms with Crippen LogP contribution in [0.1, 0.15) is 24.0 Å². The first-order chi connectivity index (χ1) is 10.6. The summed E-state index contributed by atoms with van der Waals surface area (Å²) < 4.78 is 0. The Morgan fingerprint density at radius 3 is 2.00 bits per heavy atom. The SMILES string of the molecule is C=CCC(CC=C)(Cc1ccc(O)cc1)c1ccccc1O. The van der Waals surface area contributed by atoms with Gasteiger partial charge in [0.25, 0.3) is 0 Å². The van der Waals surface area contributed by atoms with Gasteiger partial charge in [-0.3, -0.25) is 0 Å². The maximum absolute atomic E-state index is 10.3. The fourth-order valence-corrected chi connectivity index (χ4v) is 3.02. The summed E-state index contributed by atoms with van der Waals surface area (Å²) >= 11 is 0. The molecule has 0 aliphatic rings. The fourth-order valence-electron chi connectivity index (χ4n) is 3.02. The molecule has 2 aromatic carbocycles. The van der Waals surface area contributed by atoms with Crippen LogP contribution >= 0.6 is 0 Å². The highest BCUT2D eigenvalue weighted by Gasteiger charge is 2.32. The van der Waals surface area contributed by atoms with Crippen LogP contribution in [-0.2, 0) is 11.8 Å². The minimum Gasteiger partial charge on any atom is -0.508 e. The van der Waals surface area contributed by atoms with Gasteiger partial charge in [-0.1, -0.05) is 42.5 Å². The summed E-state index contributed by atoms with van der Waals surface area (Å²) in [5.41, 5.74) is 1.72. The van der Waals surface area contributed by atoms with E-state index in [0.29, 0.717) is 5.75 Å². The van der Waals surface area contributed by atoms with Crippen LogP contribution < -0.4 is 0 Å². The highest BCUT2D eigenvalue weighted by atomic mass is 16.3. The van der Waals surface area contributed by atoms with Crippen molar-refractivity contribution in [1.82, 2.24) is 0 Å². The van der Waals surface area contributed by atoms with Gasteiger partial charge >= 0.3 is 0 Å².